The smallest absolute Gasteiger partial charge is 0.284 e. The van der Waals surface area contributed by atoms with Gasteiger partial charge in [0.1, 0.15) is 11.6 Å². The second kappa shape index (κ2) is 6.66. The maximum atomic E-state index is 13.2. The predicted molar refractivity (Wildman–Crippen MR) is 82.8 cm³/mol. The van der Waals surface area contributed by atoms with Crippen LogP contribution in [0.3, 0.4) is 0 Å². The molecule has 1 aliphatic heterocycles. The van der Waals surface area contributed by atoms with E-state index >= 15 is 0 Å². The van der Waals surface area contributed by atoms with Crippen LogP contribution in [0.15, 0.2) is 24.3 Å². The number of thiophene rings is 1. The predicted octanol–water partition coefficient (Wildman–Crippen LogP) is 2.27. The summed E-state index contributed by atoms with van der Waals surface area (Å²) in [5, 5.41) is 8.68. The average molecular weight is 352 g/mol. The van der Waals surface area contributed by atoms with Gasteiger partial charge in [0.15, 0.2) is 0 Å². The van der Waals surface area contributed by atoms with Crippen LogP contribution in [0.4, 0.5) is 8.78 Å². The van der Waals surface area contributed by atoms with Crippen LogP contribution in [0, 0.1) is 11.6 Å². The minimum atomic E-state index is -0.711. The van der Waals surface area contributed by atoms with E-state index in [0.717, 1.165) is 28.6 Å². The number of carbonyl (C=O) groups excluding carboxylic acids is 2. The molecular formula is C16H14F2N2O3S. The molecule has 2 amide bonds. The van der Waals surface area contributed by atoms with Gasteiger partial charge < -0.3 is 4.90 Å². The van der Waals surface area contributed by atoms with Gasteiger partial charge in [-0.15, -0.1) is 11.3 Å². The first-order valence-electron chi connectivity index (χ1n) is 7.25. The third-order valence-electron chi connectivity index (χ3n) is 3.84. The van der Waals surface area contributed by atoms with E-state index in [2.05, 4.69) is 0 Å². The summed E-state index contributed by atoms with van der Waals surface area (Å²) in [6.45, 7) is 0.815. The molecule has 1 aliphatic rings. The van der Waals surface area contributed by atoms with E-state index in [1.54, 1.807) is 16.4 Å². The van der Waals surface area contributed by atoms with E-state index in [1.165, 1.54) is 11.3 Å². The summed E-state index contributed by atoms with van der Waals surface area (Å²) in [4.78, 5) is 26.7. The van der Waals surface area contributed by atoms with Crippen LogP contribution in [0.5, 0.6) is 0 Å². The van der Waals surface area contributed by atoms with E-state index < -0.39 is 17.5 Å². The second-order valence-corrected chi connectivity index (χ2v) is 6.66. The van der Waals surface area contributed by atoms with Crippen molar-refractivity contribution >= 4 is 23.2 Å². The summed E-state index contributed by atoms with van der Waals surface area (Å²) in [7, 11) is 0. The molecule has 0 aliphatic carbocycles. The highest BCUT2D eigenvalue weighted by Crippen LogP contribution is 2.28. The summed E-state index contributed by atoms with van der Waals surface area (Å²) in [6, 6.07) is 4.76. The molecule has 2 N–H and O–H groups in total. The van der Waals surface area contributed by atoms with Crippen molar-refractivity contribution in [2.75, 3.05) is 6.54 Å². The first-order valence-corrected chi connectivity index (χ1v) is 8.06. The molecule has 0 unspecified atom stereocenters. The largest absolute Gasteiger partial charge is 0.337 e. The van der Waals surface area contributed by atoms with Crippen molar-refractivity contribution in [3.63, 3.8) is 0 Å². The fraction of sp³-hybridized carbons (Fsp3) is 0.250. The maximum Gasteiger partial charge on any atom is 0.284 e. The number of hydrogen-bond donors (Lipinski definition) is 2. The second-order valence-electron chi connectivity index (χ2n) is 5.52. The normalized spacial score (nSPS) is 13.5. The molecule has 0 atom stereocenters. The average Bonchev–Trinajstić information content (AvgIpc) is 2.96. The molecule has 0 bridgehead atoms. The van der Waals surface area contributed by atoms with Crippen molar-refractivity contribution in [3.8, 4) is 0 Å². The van der Waals surface area contributed by atoms with Crippen molar-refractivity contribution in [1.82, 2.24) is 10.4 Å². The Morgan fingerprint density at radius 1 is 1.21 bits per heavy atom. The summed E-state index contributed by atoms with van der Waals surface area (Å²) in [6.07, 6.45) is 0.507. The highest BCUT2D eigenvalue weighted by molar-refractivity contribution is 7.14. The zero-order valence-corrected chi connectivity index (χ0v) is 13.3. The van der Waals surface area contributed by atoms with Crippen molar-refractivity contribution < 1.29 is 23.6 Å². The molecule has 0 saturated heterocycles. The molecule has 1 aromatic heterocycles. The Morgan fingerprint density at radius 2 is 1.92 bits per heavy atom. The van der Waals surface area contributed by atoms with Gasteiger partial charge in [0.2, 0.25) is 5.91 Å². The number of halogens is 2. The number of hydrogen-bond acceptors (Lipinski definition) is 4. The molecule has 0 fully saturated rings. The Balaban J connectivity index is 1.71. The number of amides is 2. The molecule has 0 spiro atoms. The third kappa shape index (κ3) is 3.44. The van der Waals surface area contributed by atoms with Crippen LogP contribution >= 0.6 is 11.3 Å². The van der Waals surface area contributed by atoms with E-state index in [0.29, 0.717) is 24.4 Å². The summed E-state index contributed by atoms with van der Waals surface area (Å²) in [5.41, 5.74) is 2.85. The minimum absolute atomic E-state index is 0.0840. The number of carbonyl (C=O) groups is 2. The number of hydroxylamine groups is 1. The van der Waals surface area contributed by atoms with Gasteiger partial charge in [0.05, 0.1) is 17.8 Å². The number of benzene rings is 1. The number of nitrogens with one attached hydrogen (secondary N) is 1. The minimum Gasteiger partial charge on any atom is -0.337 e. The van der Waals surface area contributed by atoms with Crippen LogP contribution in [-0.4, -0.2) is 28.5 Å². The molecule has 5 nitrogen and oxygen atoms in total. The Kier molecular flexibility index (Phi) is 4.59. The van der Waals surface area contributed by atoms with Gasteiger partial charge in [-0.05, 0) is 35.7 Å². The van der Waals surface area contributed by atoms with Crippen LogP contribution < -0.4 is 5.48 Å². The highest BCUT2D eigenvalue weighted by atomic mass is 32.1. The topological polar surface area (TPSA) is 69.6 Å². The van der Waals surface area contributed by atoms with Crippen LogP contribution in [0.2, 0.25) is 0 Å². The number of nitrogens with zero attached hydrogens (tertiary/aromatic N) is 1. The molecule has 8 heteroatoms. The molecule has 126 valence electrons. The van der Waals surface area contributed by atoms with E-state index in [1.807, 2.05) is 0 Å². The molecule has 1 aromatic carbocycles. The van der Waals surface area contributed by atoms with Crippen molar-refractivity contribution in [2.45, 2.75) is 19.4 Å². The molecule has 24 heavy (non-hydrogen) atoms. The summed E-state index contributed by atoms with van der Waals surface area (Å²) < 4.78 is 26.4. The molecule has 2 heterocycles. The van der Waals surface area contributed by atoms with Gasteiger partial charge in [-0.1, -0.05) is 0 Å². The Hall–Kier alpha value is -2.32. The van der Waals surface area contributed by atoms with Crippen LogP contribution in [0.25, 0.3) is 0 Å². The van der Waals surface area contributed by atoms with Crippen molar-refractivity contribution in [2.24, 2.45) is 0 Å². The Bertz CT molecular complexity index is 786. The summed E-state index contributed by atoms with van der Waals surface area (Å²) >= 11 is 1.21. The van der Waals surface area contributed by atoms with Gasteiger partial charge in [0, 0.05) is 17.5 Å². The lowest BCUT2D eigenvalue weighted by molar-refractivity contribution is -0.131. The lowest BCUT2D eigenvalue weighted by Crippen LogP contribution is -2.36. The lowest BCUT2D eigenvalue weighted by atomic mass is 10.1. The molecular weight excluding hydrogens is 338 g/mol. The van der Waals surface area contributed by atoms with Gasteiger partial charge >= 0.3 is 0 Å². The summed E-state index contributed by atoms with van der Waals surface area (Å²) in [5.74, 6) is -2.23. The number of fused-ring (bicyclic) bond motifs is 1. The van der Waals surface area contributed by atoms with E-state index in [4.69, 9.17) is 5.21 Å². The van der Waals surface area contributed by atoms with E-state index in [-0.39, 0.29) is 17.9 Å². The fourth-order valence-corrected chi connectivity index (χ4v) is 3.82. The Labute approximate surface area is 140 Å². The van der Waals surface area contributed by atoms with Crippen LogP contribution in [0.1, 0.15) is 25.7 Å². The lowest BCUT2D eigenvalue weighted by Gasteiger charge is -2.27. The molecule has 0 radical (unpaired) electrons. The van der Waals surface area contributed by atoms with Gasteiger partial charge in [-0.25, -0.2) is 14.3 Å². The first kappa shape index (κ1) is 16.5. The van der Waals surface area contributed by atoms with E-state index in [9.17, 15) is 18.4 Å². The standard InChI is InChI=1S/C16H14F2N2O3S/c17-11-3-9(4-12(18)7-11)5-15(21)20-2-1-10-6-13(16(22)19-23)24-14(10)8-20/h3-4,6-7,23H,1-2,5,8H2,(H,19,22). The molecule has 0 saturated carbocycles. The molecule has 3 rings (SSSR count). The van der Waals surface area contributed by atoms with Crippen molar-refractivity contribution in [3.05, 3.63) is 56.8 Å². The SMILES string of the molecule is O=C(NO)c1cc2c(s1)CN(C(=O)Cc1cc(F)cc(F)c1)CC2. The Morgan fingerprint density at radius 3 is 2.58 bits per heavy atom. The van der Waals surface area contributed by atoms with Gasteiger partial charge in [-0.2, -0.15) is 0 Å². The quantitative estimate of drug-likeness (QED) is 0.658. The fourth-order valence-electron chi connectivity index (χ4n) is 2.70. The number of rotatable bonds is 3. The van der Waals surface area contributed by atoms with Gasteiger partial charge in [-0.3, -0.25) is 14.8 Å². The highest BCUT2D eigenvalue weighted by Gasteiger charge is 2.24. The maximum absolute atomic E-state index is 13.2. The monoisotopic (exact) mass is 352 g/mol. The third-order valence-corrected chi connectivity index (χ3v) is 5.00. The first-order chi connectivity index (χ1) is 11.5. The zero-order valence-electron chi connectivity index (χ0n) is 12.5. The van der Waals surface area contributed by atoms with Crippen LogP contribution in [-0.2, 0) is 24.2 Å². The zero-order chi connectivity index (χ0) is 17.3. The van der Waals surface area contributed by atoms with Gasteiger partial charge in [0.25, 0.3) is 5.91 Å². The van der Waals surface area contributed by atoms with Crippen molar-refractivity contribution in [1.29, 1.82) is 0 Å². The molecule has 2 aromatic rings.